The third kappa shape index (κ3) is 3.36. The van der Waals surface area contributed by atoms with Gasteiger partial charge in [-0.05, 0) is 31.4 Å². The summed E-state index contributed by atoms with van der Waals surface area (Å²) in [4.78, 5) is 21.3. The summed E-state index contributed by atoms with van der Waals surface area (Å²) in [5.74, 6) is 1.26. The molecule has 2 aliphatic rings. The Balaban J connectivity index is 1.67. The minimum atomic E-state index is 0.0306. The fourth-order valence-corrected chi connectivity index (χ4v) is 3.75. The van der Waals surface area contributed by atoms with Gasteiger partial charge >= 0.3 is 0 Å². The van der Waals surface area contributed by atoms with Crippen molar-refractivity contribution in [1.29, 1.82) is 0 Å². The number of aryl methyl sites for hydroxylation is 1. The highest BCUT2D eigenvalue weighted by Gasteiger charge is 2.38. The number of hydrogen-bond donors (Lipinski definition) is 1. The first-order valence-electron chi connectivity index (χ1n) is 9.06. The summed E-state index contributed by atoms with van der Waals surface area (Å²) in [5, 5.41) is 0.528. The van der Waals surface area contributed by atoms with Crippen molar-refractivity contribution in [1.82, 2.24) is 9.88 Å². The Bertz CT molecular complexity index is 819. The number of halogens is 1. The summed E-state index contributed by atoms with van der Waals surface area (Å²) < 4.78 is 0. The van der Waals surface area contributed by atoms with E-state index in [-0.39, 0.29) is 12.0 Å². The molecule has 2 N–H and O–H groups in total. The molecule has 1 aliphatic heterocycles. The molecule has 0 bridgehead atoms. The molecule has 1 aromatic heterocycles. The summed E-state index contributed by atoms with van der Waals surface area (Å²) in [6, 6.07) is 10.2. The highest BCUT2D eigenvalue weighted by molar-refractivity contribution is 6.30. The molecule has 1 amide bonds. The number of hydrogen-bond acceptors (Lipinski definition) is 4. The standard InChI is InChI=1S/C20H23ClN4O/c1-13-2-4-14(5-3-13)18-12-24(20(26)15-6-7-15)8-9-25(18)19-17(22)10-16(21)11-23-19/h2-5,10-11,15,18H,6-9,12,22H2,1H3. The Morgan fingerprint density at radius 1 is 1.23 bits per heavy atom. The lowest BCUT2D eigenvalue weighted by atomic mass is 10.0. The number of nitrogen functional groups attached to an aromatic ring is 1. The van der Waals surface area contributed by atoms with E-state index in [0.29, 0.717) is 36.3 Å². The number of amides is 1. The van der Waals surface area contributed by atoms with Crippen LogP contribution in [0.1, 0.15) is 30.0 Å². The Hall–Kier alpha value is -2.27. The number of nitrogens with two attached hydrogens (primary N) is 1. The molecule has 1 unspecified atom stereocenters. The Morgan fingerprint density at radius 3 is 2.62 bits per heavy atom. The van der Waals surface area contributed by atoms with Crippen LogP contribution in [0, 0.1) is 12.8 Å². The van der Waals surface area contributed by atoms with Crippen LogP contribution in [-0.4, -0.2) is 35.4 Å². The van der Waals surface area contributed by atoms with E-state index in [2.05, 4.69) is 41.1 Å². The van der Waals surface area contributed by atoms with Gasteiger partial charge in [0.15, 0.2) is 5.82 Å². The second-order valence-corrected chi connectivity index (χ2v) is 7.68. The van der Waals surface area contributed by atoms with E-state index in [9.17, 15) is 4.79 Å². The fourth-order valence-electron chi connectivity index (χ4n) is 3.59. The van der Waals surface area contributed by atoms with Gasteiger partial charge in [0.25, 0.3) is 0 Å². The first-order valence-corrected chi connectivity index (χ1v) is 9.44. The van der Waals surface area contributed by atoms with Crippen LogP contribution in [0.15, 0.2) is 36.5 Å². The third-order valence-corrected chi connectivity index (χ3v) is 5.42. The van der Waals surface area contributed by atoms with Crippen molar-refractivity contribution < 1.29 is 4.79 Å². The minimum Gasteiger partial charge on any atom is -0.396 e. The summed E-state index contributed by atoms with van der Waals surface area (Å²) in [6.07, 6.45) is 3.68. The van der Waals surface area contributed by atoms with Gasteiger partial charge in [-0.2, -0.15) is 0 Å². The van der Waals surface area contributed by atoms with Gasteiger partial charge < -0.3 is 15.5 Å². The van der Waals surface area contributed by atoms with E-state index in [1.54, 1.807) is 12.3 Å². The van der Waals surface area contributed by atoms with Gasteiger partial charge in [-0.25, -0.2) is 4.98 Å². The molecule has 2 fully saturated rings. The second kappa shape index (κ2) is 6.80. The monoisotopic (exact) mass is 370 g/mol. The largest absolute Gasteiger partial charge is 0.396 e. The molecule has 2 aromatic rings. The third-order valence-electron chi connectivity index (χ3n) is 5.21. The summed E-state index contributed by atoms with van der Waals surface area (Å²) in [6.45, 7) is 4.13. The fraction of sp³-hybridized carbons (Fsp3) is 0.400. The van der Waals surface area contributed by atoms with Crippen LogP contribution in [0.3, 0.4) is 0 Å². The average Bonchev–Trinajstić information content (AvgIpc) is 3.47. The second-order valence-electron chi connectivity index (χ2n) is 7.24. The van der Waals surface area contributed by atoms with Crippen molar-refractivity contribution >= 4 is 29.0 Å². The van der Waals surface area contributed by atoms with Crippen molar-refractivity contribution in [2.45, 2.75) is 25.8 Å². The van der Waals surface area contributed by atoms with E-state index in [1.807, 2.05) is 4.90 Å². The van der Waals surface area contributed by atoms with E-state index in [4.69, 9.17) is 17.3 Å². The molecule has 26 heavy (non-hydrogen) atoms. The molecular weight excluding hydrogens is 348 g/mol. The molecule has 1 aliphatic carbocycles. The van der Waals surface area contributed by atoms with E-state index < -0.39 is 0 Å². The van der Waals surface area contributed by atoms with E-state index >= 15 is 0 Å². The van der Waals surface area contributed by atoms with Crippen LogP contribution in [0.2, 0.25) is 5.02 Å². The van der Waals surface area contributed by atoms with Crippen molar-refractivity contribution in [3.63, 3.8) is 0 Å². The zero-order chi connectivity index (χ0) is 18.3. The van der Waals surface area contributed by atoms with Crippen molar-refractivity contribution in [2.24, 2.45) is 5.92 Å². The van der Waals surface area contributed by atoms with Crippen LogP contribution in [-0.2, 0) is 4.79 Å². The maximum Gasteiger partial charge on any atom is 0.225 e. The lowest BCUT2D eigenvalue weighted by molar-refractivity contribution is -0.133. The zero-order valence-electron chi connectivity index (χ0n) is 14.9. The Morgan fingerprint density at radius 2 is 1.96 bits per heavy atom. The maximum atomic E-state index is 12.6. The Kier molecular flexibility index (Phi) is 4.49. The van der Waals surface area contributed by atoms with Gasteiger partial charge in [-0.1, -0.05) is 41.4 Å². The van der Waals surface area contributed by atoms with Crippen LogP contribution in [0.5, 0.6) is 0 Å². The molecule has 4 rings (SSSR count). The zero-order valence-corrected chi connectivity index (χ0v) is 15.6. The number of benzene rings is 1. The highest BCUT2D eigenvalue weighted by Crippen LogP contribution is 2.36. The van der Waals surface area contributed by atoms with Crippen LogP contribution >= 0.6 is 11.6 Å². The van der Waals surface area contributed by atoms with Gasteiger partial charge in [0.1, 0.15) is 0 Å². The van der Waals surface area contributed by atoms with E-state index in [1.165, 1.54) is 11.1 Å². The van der Waals surface area contributed by atoms with E-state index in [0.717, 1.165) is 18.7 Å². The molecule has 1 aromatic carbocycles. The lowest BCUT2D eigenvalue weighted by Crippen LogP contribution is -2.51. The molecule has 0 radical (unpaired) electrons. The predicted molar refractivity (Wildman–Crippen MR) is 104 cm³/mol. The van der Waals surface area contributed by atoms with Gasteiger partial charge in [-0.3, -0.25) is 4.79 Å². The van der Waals surface area contributed by atoms with Crippen LogP contribution < -0.4 is 10.6 Å². The number of pyridine rings is 1. The topological polar surface area (TPSA) is 62.5 Å². The lowest BCUT2D eigenvalue weighted by Gasteiger charge is -2.43. The van der Waals surface area contributed by atoms with Gasteiger partial charge in [0.05, 0.1) is 16.8 Å². The normalized spacial score (nSPS) is 20.3. The first-order chi connectivity index (χ1) is 12.5. The van der Waals surface area contributed by atoms with Crippen LogP contribution in [0.4, 0.5) is 11.5 Å². The SMILES string of the molecule is Cc1ccc(C2CN(C(=O)C3CC3)CCN2c2ncc(Cl)cc2N)cc1. The number of carbonyl (C=O) groups excluding carboxylic acids is 1. The van der Waals surface area contributed by atoms with Crippen molar-refractivity contribution in [2.75, 3.05) is 30.3 Å². The molecule has 2 heterocycles. The smallest absolute Gasteiger partial charge is 0.225 e. The Labute approximate surface area is 158 Å². The summed E-state index contributed by atoms with van der Waals surface area (Å²) in [7, 11) is 0. The van der Waals surface area contributed by atoms with Gasteiger partial charge in [0, 0.05) is 31.7 Å². The van der Waals surface area contributed by atoms with Gasteiger partial charge in [0.2, 0.25) is 5.91 Å². The first kappa shape index (κ1) is 17.2. The summed E-state index contributed by atoms with van der Waals surface area (Å²) in [5.41, 5.74) is 9.15. The molecule has 6 heteroatoms. The van der Waals surface area contributed by atoms with Crippen LogP contribution in [0.25, 0.3) is 0 Å². The molecule has 1 atom stereocenters. The highest BCUT2D eigenvalue weighted by atomic mass is 35.5. The number of carbonyl (C=O) groups is 1. The number of aromatic nitrogens is 1. The maximum absolute atomic E-state index is 12.6. The minimum absolute atomic E-state index is 0.0306. The summed E-state index contributed by atoms with van der Waals surface area (Å²) >= 11 is 6.02. The molecular formula is C20H23ClN4O. The average molecular weight is 371 g/mol. The molecule has 1 saturated heterocycles. The van der Waals surface area contributed by atoms with Gasteiger partial charge in [-0.15, -0.1) is 0 Å². The van der Waals surface area contributed by atoms with Crippen molar-refractivity contribution in [3.8, 4) is 0 Å². The molecule has 0 spiro atoms. The molecule has 1 saturated carbocycles. The number of piperazine rings is 1. The number of rotatable bonds is 3. The van der Waals surface area contributed by atoms with Crippen molar-refractivity contribution in [3.05, 3.63) is 52.7 Å². The predicted octanol–water partition coefficient (Wildman–Crippen LogP) is 3.43. The number of anilines is 2. The quantitative estimate of drug-likeness (QED) is 0.899. The molecule has 136 valence electrons. The number of nitrogens with zero attached hydrogens (tertiary/aromatic N) is 3. The molecule has 5 nitrogen and oxygen atoms in total.